The van der Waals surface area contributed by atoms with Crippen LogP contribution >= 0.6 is 0 Å². The highest BCUT2D eigenvalue weighted by Crippen LogP contribution is 1.69. The van der Waals surface area contributed by atoms with Gasteiger partial charge in [0.25, 0.3) is 0 Å². The number of amides is 2. The first-order valence-electron chi connectivity index (χ1n) is 2.45. The van der Waals surface area contributed by atoms with Crippen LogP contribution in [-0.4, -0.2) is 12.6 Å². The lowest BCUT2D eigenvalue weighted by Crippen LogP contribution is -2.30. The van der Waals surface area contributed by atoms with E-state index in [0.717, 1.165) is 12.0 Å². The first-order chi connectivity index (χ1) is 3.81. The predicted octanol–water partition coefficient (Wildman–Crippen LogP) is 0.580. The van der Waals surface area contributed by atoms with Crippen LogP contribution in [0.4, 0.5) is 9.28 Å². The molecular weight excluding hydrogens is 111 g/mol. The van der Waals surface area contributed by atoms with Gasteiger partial charge in [0.2, 0.25) is 0 Å². The molecule has 0 aliphatic rings. The number of halogens is 1. The average molecular weight is 120 g/mol. The molecule has 0 aromatic rings. The number of hydrogen-bond donors (Lipinski definition) is 2. The van der Waals surface area contributed by atoms with E-state index in [1.165, 1.54) is 0 Å². The lowest BCUT2D eigenvalue weighted by Gasteiger charge is -1.96. The van der Waals surface area contributed by atoms with Gasteiger partial charge in [0.05, 0.1) is 0 Å². The highest BCUT2D eigenvalue weighted by Gasteiger charge is 1.92. The molecule has 48 valence electrons. The van der Waals surface area contributed by atoms with E-state index >= 15 is 0 Å². The summed E-state index contributed by atoms with van der Waals surface area (Å²) in [5.74, 6) is 0. The van der Waals surface area contributed by atoms with E-state index in [1.54, 1.807) is 0 Å². The molecule has 0 aromatic carbocycles. The van der Waals surface area contributed by atoms with E-state index < -0.39 is 6.03 Å². The molecule has 0 unspecified atom stereocenters. The fourth-order valence-corrected chi connectivity index (χ4v) is 0.272. The van der Waals surface area contributed by atoms with Gasteiger partial charge in [-0.15, -0.1) is 0 Å². The van der Waals surface area contributed by atoms with Crippen LogP contribution in [-0.2, 0) is 0 Å². The Bertz CT molecular complexity index is 76.4. The summed E-state index contributed by atoms with van der Waals surface area (Å²) >= 11 is 0. The van der Waals surface area contributed by atoms with E-state index in [4.69, 9.17) is 0 Å². The van der Waals surface area contributed by atoms with Crippen molar-refractivity contribution in [2.24, 2.45) is 0 Å². The molecule has 3 nitrogen and oxygen atoms in total. The van der Waals surface area contributed by atoms with Crippen LogP contribution in [0, 0.1) is 0 Å². The molecular formula is C4H9FN2O. The molecule has 0 heterocycles. The number of carbonyl (C=O) groups excluding carboxylic acids is 1. The highest BCUT2D eigenvalue weighted by atomic mass is 19.2. The maximum atomic E-state index is 11.0. The second-order valence-electron chi connectivity index (χ2n) is 1.35. The van der Waals surface area contributed by atoms with E-state index in [-0.39, 0.29) is 0 Å². The number of carbonyl (C=O) groups is 1. The second kappa shape index (κ2) is 4.36. The number of hydrogen-bond acceptors (Lipinski definition) is 1. The average Bonchev–Trinajstić information content (AvgIpc) is 1.83. The molecule has 0 aliphatic carbocycles. The molecule has 0 aromatic heterocycles. The van der Waals surface area contributed by atoms with Crippen LogP contribution in [0.1, 0.15) is 13.3 Å². The van der Waals surface area contributed by atoms with Crippen molar-refractivity contribution in [3.05, 3.63) is 0 Å². The van der Waals surface area contributed by atoms with Crippen LogP contribution in [0.2, 0.25) is 0 Å². The monoisotopic (exact) mass is 120 g/mol. The van der Waals surface area contributed by atoms with Gasteiger partial charge in [-0.05, 0) is 6.42 Å². The van der Waals surface area contributed by atoms with Gasteiger partial charge in [-0.2, -0.15) is 5.54 Å². The van der Waals surface area contributed by atoms with Gasteiger partial charge in [-0.3, -0.25) is 0 Å². The summed E-state index contributed by atoms with van der Waals surface area (Å²) in [6.07, 6.45) is 0.813. The molecule has 0 saturated carbocycles. The van der Waals surface area contributed by atoms with Gasteiger partial charge < -0.3 is 5.32 Å². The Hall–Kier alpha value is -0.800. The minimum atomic E-state index is -0.771. The maximum absolute atomic E-state index is 11.0. The van der Waals surface area contributed by atoms with Crippen molar-refractivity contribution >= 4 is 6.03 Å². The largest absolute Gasteiger partial charge is 0.342 e. The fraction of sp³-hybridized carbons (Fsp3) is 0.750. The van der Waals surface area contributed by atoms with Gasteiger partial charge in [0, 0.05) is 6.54 Å². The topological polar surface area (TPSA) is 41.1 Å². The van der Waals surface area contributed by atoms with Crippen LogP contribution in [0.3, 0.4) is 0 Å². The number of rotatable bonds is 2. The zero-order valence-corrected chi connectivity index (χ0v) is 4.70. The van der Waals surface area contributed by atoms with Gasteiger partial charge in [-0.1, -0.05) is 11.4 Å². The third-order valence-electron chi connectivity index (χ3n) is 0.621. The molecule has 0 saturated heterocycles. The molecule has 0 aliphatic heterocycles. The van der Waals surface area contributed by atoms with Crippen molar-refractivity contribution in [1.29, 1.82) is 0 Å². The summed E-state index contributed by atoms with van der Waals surface area (Å²) in [7, 11) is 0. The van der Waals surface area contributed by atoms with Crippen molar-refractivity contribution in [2.45, 2.75) is 13.3 Å². The number of nitrogens with one attached hydrogen (secondary N) is 2. The van der Waals surface area contributed by atoms with Crippen LogP contribution < -0.4 is 10.9 Å². The molecule has 0 radical (unpaired) electrons. The quantitative estimate of drug-likeness (QED) is 0.514. The van der Waals surface area contributed by atoms with Gasteiger partial charge >= 0.3 is 6.03 Å². The van der Waals surface area contributed by atoms with E-state index in [2.05, 4.69) is 5.32 Å². The SMILES string of the molecule is CCCNC(=O)NF. The Kier molecular flexibility index (Phi) is 3.93. The predicted molar refractivity (Wildman–Crippen MR) is 27.9 cm³/mol. The van der Waals surface area contributed by atoms with Crippen molar-refractivity contribution in [2.75, 3.05) is 6.54 Å². The smallest absolute Gasteiger partial charge is 0.336 e. The zero-order chi connectivity index (χ0) is 6.41. The molecule has 0 rings (SSSR count). The van der Waals surface area contributed by atoms with E-state index in [9.17, 15) is 9.28 Å². The zero-order valence-electron chi connectivity index (χ0n) is 4.70. The molecule has 0 atom stereocenters. The normalized spacial score (nSPS) is 8.25. The van der Waals surface area contributed by atoms with Crippen molar-refractivity contribution in [1.82, 2.24) is 10.9 Å². The van der Waals surface area contributed by atoms with Crippen molar-refractivity contribution < 1.29 is 9.28 Å². The molecule has 8 heavy (non-hydrogen) atoms. The minimum Gasteiger partial charge on any atom is -0.336 e. The van der Waals surface area contributed by atoms with Crippen LogP contribution in [0.5, 0.6) is 0 Å². The minimum absolute atomic E-state index is 0.510. The first-order valence-corrected chi connectivity index (χ1v) is 2.45. The van der Waals surface area contributed by atoms with Crippen molar-refractivity contribution in [3.63, 3.8) is 0 Å². The summed E-state index contributed by atoms with van der Waals surface area (Å²) in [4.78, 5) is 9.97. The Morgan fingerprint density at radius 1 is 1.75 bits per heavy atom. The second-order valence-corrected chi connectivity index (χ2v) is 1.35. The van der Waals surface area contributed by atoms with E-state index in [1.807, 2.05) is 6.92 Å². The fourth-order valence-electron chi connectivity index (χ4n) is 0.272. The first kappa shape index (κ1) is 7.20. The molecule has 0 spiro atoms. The number of urea groups is 1. The maximum Gasteiger partial charge on any atom is 0.342 e. The Balaban J connectivity index is 2.99. The van der Waals surface area contributed by atoms with Gasteiger partial charge in [0.15, 0.2) is 0 Å². The molecule has 4 heteroatoms. The molecule has 2 N–H and O–H groups in total. The lowest BCUT2D eigenvalue weighted by molar-refractivity contribution is 0.217. The Morgan fingerprint density at radius 3 is 2.75 bits per heavy atom. The van der Waals surface area contributed by atoms with Gasteiger partial charge in [0.1, 0.15) is 0 Å². The van der Waals surface area contributed by atoms with E-state index in [0.29, 0.717) is 6.54 Å². The molecule has 2 amide bonds. The summed E-state index contributed by atoms with van der Waals surface area (Å²) < 4.78 is 11.0. The lowest BCUT2D eigenvalue weighted by atomic mass is 10.5. The molecule has 0 bridgehead atoms. The van der Waals surface area contributed by atoms with Crippen LogP contribution in [0.25, 0.3) is 0 Å². The van der Waals surface area contributed by atoms with Gasteiger partial charge in [-0.25, -0.2) is 4.79 Å². The Morgan fingerprint density at radius 2 is 2.38 bits per heavy atom. The summed E-state index contributed by atoms with van der Waals surface area (Å²) in [5, 5.41) is 2.26. The standard InChI is InChI=1S/C4H9FN2O/c1-2-3-6-4(8)7-5/h2-3H2,1H3,(H2,6,7,8). The third kappa shape index (κ3) is 3.39. The summed E-state index contributed by atoms with van der Waals surface area (Å²) in [5.41, 5.74) is 0.950. The Labute approximate surface area is 47.2 Å². The molecule has 0 fully saturated rings. The highest BCUT2D eigenvalue weighted by molar-refractivity contribution is 5.72. The third-order valence-corrected chi connectivity index (χ3v) is 0.621. The summed E-state index contributed by atoms with van der Waals surface area (Å²) in [6, 6.07) is -0.771. The van der Waals surface area contributed by atoms with Crippen molar-refractivity contribution in [3.8, 4) is 0 Å². The summed E-state index contributed by atoms with van der Waals surface area (Å²) in [6.45, 7) is 2.40. The van der Waals surface area contributed by atoms with Crippen LogP contribution in [0.15, 0.2) is 0 Å².